The number of H-pyrrole nitrogens is 1. The SMILES string of the molecule is CCC(=O)Nc1ccc(Sc2nc(Nc3cc(C4CC4)[nH]n3)cc(N3CCN(C)CC3)n2)cc1. The van der Waals surface area contributed by atoms with Gasteiger partial charge in [-0.25, -0.2) is 9.97 Å². The number of hydrogen-bond acceptors (Lipinski definition) is 8. The van der Waals surface area contributed by atoms with Crippen molar-refractivity contribution in [1.82, 2.24) is 25.1 Å². The van der Waals surface area contributed by atoms with Crippen LogP contribution in [0.2, 0.25) is 0 Å². The van der Waals surface area contributed by atoms with E-state index in [0.717, 1.165) is 54.2 Å². The fourth-order valence-electron chi connectivity index (χ4n) is 3.82. The van der Waals surface area contributed by atoms with E-state index in [1.807, 2.05) is 37.3 Å². The number of aromatic nitrogens is 4. The predicted molar refractivity (Wildman–Crippen MR) is 135 cm³/mol. The summed E-state index contributed by atoms with van der Waals surface area (Å²) in [6.07, 6.45) is 2.91. The van der Waals surface area contributed by atoms with Crippen LogP contribution in [0.25, 0.3) is 0 Å². The number of nitrogens with one attached hydrogen (secondary N) is 3. The molecule has 34 heavy (non-hydrogen) atoms. The molecule has 5 rings (SSSR count). The fourth-order valence-corrected chi connectivity index (χ4v) is 4.58. The molecule has 2 aliphatic rings. The van der Waals surface area contributed by atoms with Crippen LogP contribution in [0.3, 0.4) is 0 Å². The van der Waals surface area contributed by atoms with Crippen LogP contribution >= 0.6 is 11.8 Å². The van der Waals surface area contributed by atoms with Gasteiger partial charge in [-0.05, 0) is 55.9 Å². The Morgan fingerprint density at radius 2 is 1.85 bits per heavy atom. The lowest BCUT2D eigenvalue weighted by Crippen LogP contribution is -2.44. The first-order chi connectivity index (χ1) is 16.6. The maximum absolute atomic E-state index is 11.6. The molecule has 0 spiro atoms. The summed E-state index contributed by atoms with van der Waals surface area (Å²) in [7, 11) is 2.15. The Morgan fingerprint density at radius 3 is 2.56 bits per heavy atom. The van der Waals surface area contributed by atoms with Crippen LogP contribution in [0.4, 0.5) is 23.1 Å². The van der Waals surface area contributed by atoms with Gasteiger partial charge in [0.1, 0.15) is 11.6 Å². The summed E-state index contributed by atoms with van der Waals surface area (Å²) in [5.74, 6) is 3.04. The second-order valence-electron chi connectivity index (χ2n) is 8.82. The van der Waals surface area contributed by atoms with Crippen LogP contribution in [0.1, 0.15) is 37.8 Å². The van der Waals surface area contributed by atoms with Crippen molar-refractivity contribution >= 4 is 40.8 Å². The van der Waals surface area contributed by atoms with Crippen molar-refractivity contribution in [2.75, 3.05) is 48.8 Å². The molecule has 1 aromatic carbocycles. The summed E-state index contributed by atoms with van der Waals surface area (Å²) in [5, 5.41) is 14.5. The summed E-state index contributed by atoms with van der Waals surface area (Å²) in [6, 6.07) is 11.8. The lowest BCUT2D eigenvalue weighted by atomic mass is 10.3. The van der Waals surface area contributed by atoms with Gasteiger partial charge in [0.2, 0.25) is 5.91 Å². The number of hydrogen-bond donors (Lipinski definition) is 3. The Balaban J connectivity index is 1.36. The number of rotatable bonds is 8. The van der Waals surface area contributed by atoms with Crippen LogP contribution in [-0.4, -0.2) is 64.2 Å². The first-order valence-corrected chi connectivity index (χ1v) is 12.6. The summed E-state index contributed by atoms with van der Waals surface area (Å²) in [5.41, 5.74) is 1.97. The van der Waals surface area contributed by atoms with Crippen molar-refractivity contribution in [3.8, 4) is 0 Å². The molecular formula is C24H30N8OS. The Morgan fingerprint density at radius 1 is 1.09 bits per heavy atom. The zero-order valence-corrected chi connectivity index (χ0v) is 20.4. The quantitative estimate of drug-likeness (QED) is 0.417. The number of piperazine rings is 1. The van der Waals surface area contributed by atoms with Crippen LogP contribution in [-0.2, 0) is 4.79 Å². The zero-order valence-electron chi connectivity index (χ0n) is 19.5. The molecule has 10 heteroatoms. The van der Waals surface area contributed by atoms with E-state index in [1.165, 1.54) is 30.3 Å². The molecule has 2 aromatic heterocycles. The van der Waals surface area contributed by atoms with Gasteiger partial charge >= 0.3 is 0 Å². The Bertz CT molecular complexity index is 1140. The smallest absolute Gasteiger partial charge is 0.224 e. The average molecular weight is 479 g/mol. The average Bonchev–Trinajstić information content (AvgIpc) is 3.59. The van der Waals surface area contributed by atoms with E-state index < -0.39 is 0 Å². The molecule has 0 atom stereocenters. The largest absolute Gasteiger partial charge is 0.354 e. The summed E-state index contributed by atoms with van der Waals surface area (Å²) < 4.78 is 0. The predicted octanol–water partition coefficient (Wildman–Crippen LogP) is 4.07. The van der Waals surface area contributed by atoms with Gasteiger partial charge in [0.15, 0.2) is 11.0 Å². The maximum atomic E-state index is 11.6. The summed E-state index contributed by atoms with van der Waals surface area (Å²) in [6.45, 7) is 5.70. The monoisotopic (exact) mass is 478 g/mol. The second kappa shape index (κ2) is 10.0. The zero-order chi connectivity index (χ0) is 23.5. The third kappa shape index (κ3) is 5.68. The number of aromatic amines is 1. The molecule has 1 amide bonds. The van der Waals surface area contributed by atoms with Gasteiger partial charge < -0.3 is 20.4 Å². The molecule has 3 aromatic rings. The van der Waals surface area contributed by atoms with Crippen molar-refractivity contribution in [2.24, 2.45) is 0 Å². The molecule has 3 N–H and O–H groups in total. The van der Waals surface area contributed by atoms with Gasteiger partial charge in [-0.2, -0.15) is 5.10 Å². The van der Waals surface area contributed by atoms with E-state index in [4.69, 9.17) is 9.97 Å². The molecule has 0 radical (unpaired) electrons. The molecule has 1 saturated heterocycles. The Hall–Kier alpha value is -3.11. The topological polar surface area (TPSA) is 102 Å². The van der Waals surface area contributed by atoms with Gasteiger partial charge in [0.05, 0.1) is 0 Å². The van der Waals surface area contributed by atoms with Gasteiger partial charge in [0.25, 0.3) is 0 Å². The van der Waals surface area contributed by atoms with Crippen molar-refractivity contribution < 1.29 is 4.79 Å². The van der Waals surface area contributed by atoms with Crippen molar-refractivity contribution in [2.45, 2.75) is 42.2 Å². The number of carbonyl (C=O) groups is 1. The molecule has 0 unspecified atom stereocenters. The number of carbonyl (C=O) groups excluding carboxylic acids is 1. The Labute approximate surface area is 203 Å². The van der Waals surface area contributed by atoms with E-state index in [-0.39, 0.29) is 5.91 Å². The number of likely N-dealkylation sites (N-methyl/N-ethyl adjacent to an activating group) is 1. The minimum atomic E-state index is 0.00235. The molecule has 3 heterocycles. The highest BCUT2D eigenvalue weighted by molar-refractivity contribution is 7.99. The van der Waals surface area contributed by atoms with E-state index in [9.17, 15) is 4.79 Å². The standard InChI is InChI=1S/C24H30N8OS/c1-3-23(33)25-17-6-8-18(9-7-17)34-24-27-20(26-21-14-19(29-30-21)16-4-5-16)15-22(28-24)32-12-10-31(2)11-13-32/h6-9,14-16H,3-5,10-13H2,1-2H3,(H,25,33)(H2,26,27,28,29,30). The summed E-state index contributed by atoms with van der Waals surface area (Å²) in [4.78, 5) is 26.9. The van der Waals surface area contributed by atoms with Crippen molar-refractivity contribution in [3.63, 3.8) is 0 Å². The lowest BCUT2D eigenvalue weighted by Gasteiger charge is -2.33. The number of amides is 1. The molecule has 9 nitrogen and oxygen atoms in total. The minimum Gasteiger partial charge on any atom is -0.354 e. The minimum absolute atomic E-state index is 0.00235. The highest BCUT2D eigenvalue weighted by Gasteiger charge is 2.25. The van der Waals surface area contributed by atoms with Gasteiger partial charge in [-0.3, -0.25) is 9.89 Å². The van der Waals surface area contributed by atoms with Gasteiger partial charge in [0, 0.05) is 66.9 Å². The molecule has 2 fully saturated rings. The second-order valence-corrected chi connectivity index (χ2v) is 9.86. The van der Waals surface area contributed by atoms with Crippen LogP contribution in [0, 0.1) is 0 Å². The van der Waals surface area contributed by atoms with E-state index >= 15 is 0 Å². The molecule has 1 saturated carbocycles. The van der Waals surface area contributed by atoms with Gasteiger partial charge in [-0.15, -0.1) is 0 Å². The van der Waals surface area contributed by atoms with E-state index in [1.54, 1.807) is 0 Å². The van der Waals surface area contributed by atoms with Crippen LogP contribution in [0.15, 0.2) is 46.5 Å². The van der Waals surface area contributed by atoms with Crippen LogP contribution < -0.4 is 15.5 Å². The van der Waals surface area contributed by atoms with Crippen LogP contribution in [0.5, 0.6) is 0 Å². The molecule has 1 aliphatic carbocycles. The lowest BCUT2D eigenvalue weighted by molar-refractivity contribution is -0.115. The number of anilines is 4. The highest BCUT2D eigenvalue weighted by atomic mass is 32.2. The maximum Gasteiger partial charge on any atom is 0.224 e. The van der Waals surface area contributed by atoms with Crippen molar-refractivity contribution in [1.29, 1.82) is 0 Å². The van der Waals surface area contributed by atoms with E-state index in [0.29, 0.717) is 17.5 Å². The summed E-state index contributed by atoms with van der Waals surface area (Å²) >= 11 is 1.50. The molecule has 1 aliphatic heterocycles. The van der Waals surface area contributed by atoms with Crippen molar-refractivity contribution in [3.05, 3.63) is 42.1 Å². The molecule has 0 bridgehead atoms. The third-order valence-corrected chi connectivity index (χ3v) is 6.93. The Kier molecular flexibility index (Phi) is 6.68. The highest BCUT2D eigenvalue weighted by Crippen LogP contribution is 2.39. The fraction of sp³-hybridized carbons (Fsp3) is 0.417. The first kappa shape index (κ1) is 22.7. The van der Waals surface area contributed by atoms with Gasteiger partial charge in [-0.1, -0.05) is 6.92 Å². The molecular weight excluding hydrogens is 448 g/mol. The normalized spacial score (nSPS) is 16.5. The number of benzene rings is 1. The number of nitrogens with zero attached hydrogens (tertiary/aromatic N) is 5. The third-order valence-electron chi connectivity index (χ3n) is 6.06. The van der Waals surface area contributed by atoms with E-state index in [2.05, 4.69) is 43.7 Å². The first-order valence-electron chi connectivity index (χ1n) is 11.8. The molecule has 178 valence electrons.